The smallest absolute Gasteiger partial charge is 0.148 e. The fourth-order valence-electron chi connectivity index (χ4n) is 1.83. The van der Waals surface area contributed by atoms with Gasteiger partial charge in [0.25, 0.3) is 0 Å². The van der Waals surface area contributed by atoms with E-state index in [-0.39, 0.29) is 5.69 Å². The summed E-state index contributed by atoms with van der Waals surface area (Å²) in [6.07, 6.45) is 0. The number of aromatic nitrogens is 2. The number of rotatable bonds is 4. The fraction of sp³-hybridized carbons (Fsp3) is 0.286. The molecule has 0 unspecified atom stereocenters. The predicted octanol–water partition coefficient (Wildman–Crippen LogP) is 4.06. The Bertz CT molecular complexity index is 611. The van der Waals surface area contributed by atoms with Crippen LogP contribution < -0.4 is 10.6 Å². The van der Waals surface area contributed by atoms with Crippen LogP contribution in [0.2, 0.25) is 5.02 Å². The average molecular weight is 295 g/mol. The van der Waals surface area contributed by atoms with Crippen LogP contribution in [0.4, 0.5) is 21.7 Å². The van der Waals surface area contributed by atoms with Crippen LogP contribution in [0.15, 0.2) is 18.2 Å². The highest BCUT2D eigenvalue weighted by molar-refractivity contribution is 6.33. The van der Waals surface area contributed by atoms with E-state index < -0.39 is 5.82 Å². The first-order valence-electron chi connectivity index (χ1n) is 6.33. The lowest BCUT2D eigenvalue weighted by atomic mass is 10.2. The molecule has 20 heavy (non-hydrogen) atoms. The Balaban J connectivity index is 2.43. The standard InChI is InChI=1S/C14H16ClFN4/c1-4-17-13-8(2)14(19-9(3)18-13)20-12-10(15)6-5-7-11(12)16/h5-7H,4H2,1-3H3,(H2,17,18,19,20). The maximum atomic E-state index is 13.8. The average Bonchev–Trinajstić information content (AvgIpc) is 2.39. The Morgan fingerprint density at radius 3 is 2.55 bits per heavy atom. The van der Waals surface area contributed by atoms with Gasteiger partial charge in [0.15, 0.2) is 0 Å². The van der Waals surface area contributed by atoms with E-state index in [0.29, 0.717) is 16.7 Å². The molecule has 1 heterocycles. The number of nitrogens with zero attached hydrogens (tertiary/aromatic N) is 2. The second-order valence-electron chi connectivity index (χ2n) is 4.35. The molecule has 0 bridgehead atoms. The van der Waals surface area contributed by atoms with Gasteiger partial charge in [-0.3, -0.25) is 0 Å². The van der Waals surface area contributed by atoms with Gasteiger partial charge in [-0.15, -0.1) is 0 Å². The van der Waals surface area contributed by atoms with E-state index in [1.807, 2.05) is 13.8 Å². The fourth-order valence-corrected chi connectivity index (χ4v) is 2.04. The van der Waals surface area contributed by atoms with Crippen molar-refractivity contribution in [3.8, 4) is 0 Å². The highest BCUT2D eigenvalue weighted by atomic mass is 35.5. The molecule has 0 fully saturated rings. The van der Waals surface area contributed by atoms with Crippen LogP contribution in [0, 0.1) is 19.7 Å². The predicted molar refractivity (Wildman–Crippen MR) is 80.4 cm³/mol. The van der Waals surface area contributed by atoms with Crippen LogP contribution in [0.1, 0.15) is 18.3 Å². The van der Waals surface area contributed by atoms with Crippen LogP contribution >= 0.6 is 11.6 Å². The van der Waals surface area contributed by atoms with Gasteiger partial charge in [0, 0.05) is 12.1 Å². The van der Waals surface area contributed by atoms with Crippen LogP contribution in [-0.4, -0.2) is 16.5 Å². The quantitative estimate of drug-likeness (QED) is 0.893. The number of benzene rings is 1. The molecule has 0 aliphatic rings. The number of para-hydroxylation sites is 1. The Labute approximate surface area is 122 Å². The number of nitrogens with one attached hydrogen (secondary N) is 2. The summed E-state index contributed by atoms with van der Waals surface area (Å²) >= 11 is 6.01. The largest absolute Gasteiger partial charge is 0.370 e. The first kappa shape index (κ1) is 14.5. The molecule has 0 aliphatic heterocycles. The number of hydrogen-bond acceptors (Lipinski definition) is 4. The lowest BCUT2D eigenvalue weighted by molar-refractivity contribution is 0.632. The molecular formula is C14H16ClFN4. The third-order valence-corrected chi connectivity index (χ3v) is 3.12. The Morgan fingerprint density at radius 1 is 1.20 bits per heavy atom. The number of hydrogen-bond donors (Lipinski definition) is 2. The van der Waals surface area contributed by atoms with Gasteiger partial charge in [-0.1, -0.05) is 17.7 Å². The highest BCUT2D eigenvalue weighted by Gasteiger charge is 2.12. The normalized spacial score (nSPS) is 10.4. The molecule has 4 nitrogen and oxygen atoms in total. The molecule has 0 saturated heterocycles. The molecule has 2 aromatic rings. The van der Waals surface area contributed by atoms with Crippen molar-refractivity contribution in [2.45, 2.75) is 20.8 Å². The molecule has 0 aliphatic carbocycles. The van der Waals surface area contributed by atoms with E-state index in [2.05, 4.69) is 20.6 Å². The lowest BCUT2D eigenvalue weighted by Crippen LogP contribution is -2.08. The van der Waals surface area contributed by atoms with E-state index >= 15 is 0 Å². The molecule has 0 spiro atoms. The Kier molecular flexibility index (Phi) is 4.39. The van der Waals surface area contributed by atoms with Crippen molar-refractivity contribution in [1.82, 2.24) is 9.97 Å². The topological polar surface area (TPSA) is 49.8 Å². The SMILES string of the molecule is CCNc1nc(C)nc(Nc2c(F)cccc2Cl)c1C. The Hall–Kier alpha value is -1.88. The summed E-state index contributed by atoms with van der Waals surface area (Å²) in [5.74, 6) is 1.45. The first-order valence-corrected chi connectivity index (χ1v) is 6.71. The molecule has 0 atom stereocenters. The van der Waals surface area contributed by atoms with Crippen molar-refractivity contribution >= 4 is 28.9 Å². The van der Waals surface area contributed by atoms with E-state index in [1.165, 1.54) is 6.07 Å². The van der Waals surface area contributed by atoms with Crippen LogP contribution in [0.3, 0.4) is 0 Å². The van der Waals surface area contributed by atoms with Crippen LogP contribution in [-0.2, 0) is 0 Å². The van der Waals surface area contributed by atoms with Gasteiger partial charge in [-0.2, -0.15) is 0 Å². The molecule has 0 radical (unpaired) electrons. The molecule has 2 N–H and O–H groups in total. The maximum Gasteiger partial charge on any atom is 0.148 e. The van der Waals surface area contributed by atoms with Gasteiger partial charge in [0.2, 0.25) is 0 Å². The summed E-state index contributed by atoms with van der Waals surface area (Å²) < 4.78 is 13.8. The van der Waals surface area contributed by atoms with Gasteiger partial charge in [0.1, 0.15) is 23.3 Å². The molecule has 0 saturated carbocycles. The van der Waals surface area contributed by atoms with Crippen molar-refractivity contribution in [2.24, 2.45) is 0 Å². The highest BCUT2D eigenvalue weighted by Crippen LogP contribution is 2.30. The molecule has 106 valence electrons. The zero-order chi connectivity index (χ0) is 14.7. The van der Waals surface area contributed by atoms with Crippen molar-refractivity contribution in [3.63, 3.8) is 0 Å². The van der Waals surface area contributed by atoms with Gasteiger partial charge < -0.3 is 10.6 Å². The first-order chi connectivity index (χ1) is 9.52. The molecule has 2 rings (SSSR count). The molecule has 1 aromatic carbocycles. The Morgan fingerprint density at radius 2 is 1.90 bits per heavy atom. The summed E-state index contributed by atoms with van der Waals surface area (Å²) in [7, 11) is 0. The van der Waals surface area contributed by atoms with Gasteiger partial charge >= 0.3 is 0 Å². The van der Waals surface area contributed by atoms with Crippen molar-refractivity contribution in [1.29, 1.82) is 0 Å². The molecule has 6 heteroatoms. The van der Waals surface area contributed by atoms with Gasteiger partial charge in [0.05, 0.1) is 10.7 Å². The van der Waals surface area contributed by atoms with E-state index in [0.717, 1.165) is 17.9 Å². The van der Waals surface area contributed by atoms with Crippen LogP contribution in [0.5, 0.6) is 0 Å². The maximum absolute atomic E-state index is 13.8. The summed E-state index contributed by atoms with van der Waals surface area (Å²) in [5.41, 5.74) is 1.04. The van der Waals surface area contributed by atoms with Crippen molar-refractivity contribution in [2.75, 3.05) is 17.2 Å². The second kappa shape index (κ2) is 6.05. The van der Waals surface area contributed by atoms with E-state index in [1.54, 1.807) is 19.1 Å². The minimum absolute atomic E-state index is 0.220. The second-order valence-corrected chi connectivity index (χ2v) is 4.75. The third kappa shape index (κ3) is 2.99. The minimum Gasteiger partial charge on any atom is -0.370 e. The number of aryl methyl sites for hydroxylation is 1. The van der Waals surface area contributed by atoms with Gasteiger partial charge in [-0.25, -0.2) is 14.4 Å². The summed E-state index contributed by atoms with van der Waals surface area (Å²) in [5, 5.41) is 6.42. The molecule has 0 amide bonds. The van der Waals surface area contributed by atoms with Crippen molar-refractivity contribution in [3.05, 3.63) is 40.4 Å². The number of anilines is 3. The van der Waals surface area contributed by atoms with Gasteiger partial charge in [-0.05, 0) is 32.9 Å². The lowest BCUT2D eigenvalue weighted by Gasteiger charge is -2.14. The summed E-state index contributed by atoms with van der Waals surface area (Å²) in [6.45, 7) is 6.39. The van der Waals surface area contributed by atoms with E-state index in [4.69, 9.17) is 11.6 Å². The minimum atomic E-state index is -0.418. The van der Waals surface area contributed by atoms with E-state index in [9.17, 15) is 4.39 Å². The zero-order valence-corrected chi connectivity index (χ0v) is 12.3. The number of halogens is 2. The molecular weight excluding hydrogens is 279 g/mol. The summed E-state index contributed by atoms with van der Waals surface area (Å²) in [6, 6.07) is 4.54. The monoisotopic (exact) mass is 294 g/mol. The van der Waals surface area contributed by atoms with Crippen LogP contribution in [0.25, 0.3) is 0 Å². The molecule has 1 aromatic heterocycles. The zero-order valence-electron chi connectivity index (χ0n) is 11.6. The van der Waals surface area contributed by atoms with Crippen molar-refractivity contribution < 1.29 is 4.39 Å². The summed E-state index contributed by atoms with van der Waals surface area (Å²) in [4.78, 5) is 8.63. The third-order valence-electron chi connectivity index (χ3n) is 2.81.